The highest BCUT2D eigenvalue weighted by Crippen LogP contribution is 2.25. The molecule has 0 atom stereocenters. The van der Waals surface area contributed by atoms with Gasteiger partial charge in [-0.25, -0.2) is 4.39 Å². The van der Waals surface area contributed by atoms with Gasteiger partial charge in [-0.3, -0.25) is 4.79 Å². The third kappa shape index (κ3) is 2.51. The van der Waals surface area contributed by atoms with Crippen LogP contribution in [0.4, 0.5) is 10.1 Å². The van der Waals surface area contributed by atoms with Crippen molar-refractivity contribution in [3.05, 3.63) is 47.7 Å². The van der Waals surface area contributed by atoms with Gasteiger partial charge in [0.25, 0.3) is 5.91 Å². The minimum Gasteiger partial charge on any atom is -0.494 e. The molecule has 0 aliphatic rings. The lowest BCUT2D eigenvalue weighted by atomic mass is 10.2. The van der Waals surface area contributed by atoms with Gasteiger partial charge in [0.15, 0.2) is 5.76 Å². The first-order chi connectivity index (χ1) is 8.60. The second kappa shape index (κ2) is 4.91. The maximum absolute atomic E-state index is 13.0. The van der Waals surface area contributed by atoms with Gasteiger partial charge in [-0.1, -0.05) is 0 Å². The predicted molar refractivity (Wildman–Crippen MR) is 64.4 cm³/mol. The molecule has 18 heavy (non-hydrogen) atoms. The van der Waals surface area contributed by atoms with Crippen molar-refractivity contribution in [2.45, 2.75) is 6.92 Å². The number of carbonyl (C=O) groups is 1. The van der Waals surface area contributed by atoms with Crippen LogP contribution in [-0.4, -0.2) is 13.0 Å². The number of ether oxygens (including phenoxy) is 1. The molecule has 94 valence electrons. The molecule has 2 aromatic rings. The van der Waals surface area contributed by atoms with Gasteiger partial charge in [-0.15, -0.1) is 0 Å². The van der Waals surface area contributed by atoms with Gasteiger partial charge in [-0.2, -0.15) is 0 Å². The first-order valence-electron chi connectivity index (χ1n) is 5.31. The summed E-state index contributed by atoms with van der Waals surface area (Å²) in [5, 5.41) is 2.59. The van der Waals surface area contributed by atoms with Crippen LogP contribution in [0.2, 0.25) is 0 Å². The number of carbonyl (C=O) groups excluding carboxylic acids is 1. The molecule has 1 amide bonds. The van der Waals surface area contributed by atoms with E-state index in [1.54, 1.807) is 19.1 Å². The van der Waals surface area contributed by atoms with Gasteiger partial charge < -0.3 is 14.5 Å². The fourth-order valence-electron chi connectivity index (χ4n) is 1.51. The van der Waals surface area contributed by atoms with E-state index in [1.807, 2.05) is 0 Å². The minimum absolute atomic E-state index is 0.193. The Hall–Kier alpha value is -2.30. The molecule has 5 heteroatoms. The predicted octanol–water partition coefficient (Wildman–Crippen LogP) is 2.99. The standard InChI is InChI=1S/C13H12FNO3/c1-8-3-6-11(18-8)13(16)15-10-5-4-9(14)7-12(10)17-2/h3-7H,1-2H3,(H,15,16). The van der Waals surface area contributed by atoms with Crippen LogP contribution in [0.15, 0.2) is 34.7 Å². The minimum atomic E-state index is -0.432. The maximum atomic E-state index is 13.0. The maximum Gasteiger partial charge on any atom is 0.291 e. The second-order valence-corrected chi connectivity index (χ2v) is 3.71. The van der Waals surface area contributed by atoms with Crippen molar-refractivity contribution in [1.29, 1.82) is 0 Å². The Bertz CT molecular complexity index is 577. The number of aryl methyl sites for hydroxylation is 1. The van der Waals surface area contributed by atoms with Crippen LogP contribution in [0, 0.1) is 12.7 Å². The van der Waals surface area contributed by atoms with E-state index < -0.39 is 11.7 Å². The van der Waals surface area contributed by atoms with Crippen LogP contribution in [0.1, 0.15) is 16.3 Å². The van der Waals surface area contributed by atoms with Gasteiger partial charge in [0.05, 0.1) is 12.8 Å². The van der Waals surface area contributed by atoms with E-state index >= 15 is 0 Å². The van der Waals surface area contributed by atoms with Crippen LogP contribution >= 0.6 is 0 Å². The Morgan fingerprint density at radius 3 is 2.72 bits per heavy atom. The molecule has 2 rings (SSSR count). The summed E-state index contributed by atoms with van der Waals surface area (Å²) in [6, 6.07) is 7.13. The molecule has 0 unspecified atom stereocenters. The molecular formula is C13H12FNO3. The molecule has 0 fully saturated rings. The molecule has 0 aliphatic carbocycles. The number of furan rings is 1. The van der Waals surface area contributed by atoms with Crippen LogP contribution in [0.3, 0.4) is 0 Å². The van der Waals surface area contributed by atoms with E-state index in [-0.39, 0.29) is 11.5 Å². The number of hydrogen-bond donors (Lipinski definition) is 1. The van der Waals surface area contributed by atoms with Crippen molar-refractivity contribution < 1.29 is 18.3 Å². The number of nitrogens with one attached hydrogen (secondary N) is 1. The Morgan fingerprint density at radius 2 is 2.11 bits per heavy atom. The quantitative estimate of drug-likeness (QED) is 0.909. The Morgan fingerprint density at radius 1 is 1.33 bits per heavy atom. The van der Waals surface area contributed by atoms with Crippen molar-refractivity contribution in [1.82, 2.24) is 0 Å². The summed E-state index contributed by atoms with van der Waals surface area (Å²) < 4.78 is 23.2. The molecule has 0 aliphatic heterocycles. The third-order valence-corrected chi connectivity index (χ3v) is 2.38. The zero-order chi connectivity index (χ0) is 13.1. The molecule has 1 N–H and O–H groups in total. The van der Waals surface area contributed by atoms with Gasteiger partial charge in [0, 0.05) is 6.07 Å². The Labute approximate surface area is 103 Å². The van der Waals surface area contributed by atoms with Crippen molar-refractivity contribution in [2.24, 2.45) is 0 Å². The lowest BCUT2D eigenvalue weighted by Crippen LogP contribution is -2.11. The number of anilines is 1. The van der Waals surface area contributed by atoms with E-state index in [2.05, 4.69) is 5.32 Å². The number of hydrogen-bond acceptors (Lipinski definition) is 3. The second-order valence-electron chi connectivity index (χ2n) is 3.71. The highest BCUT2D eigenvalue weighted by molar-refractivity contribution is 6.03. The number of rotatable bonds is 3. The van der Waals surface area contributed by atoms with E-state index in [0.29, 0.717) is 11.4 Å². The summed E-state index contributed by atoms with van der Waals surface area (Å²) in [6.45, 7) is 1.75. The molecule has 0 spiro atoms. The van der Waals surface area contributed by atoms with Gasteiger partial charge in [0.1, 0.15) is 17.3 Å². The van der Waals surface area contributed by atoms with Crippen molar-refractivity contribution in [3.63, 3.8) is 0 Å². The number of benzene rings is 1. The van der Waals surface area contributed by atoms with E-state index in [9.17, 15) is 9.18 Å². The van der Waals surface area contributed by atoms with Crippen LogP contribution < -0.4 is 10.1 Å². The van der Waals surface area contributed by atoms with Crippen LogP contribution in [0.25, 0.3) is 0 Å². The van der Waals surface area contributed by atoms with E-state index in [0.717, 1.165) is 0 Å². The van der Waals surface area contributed by atoms with E-state index in [4.69, 9.17) is 9.15 Å². The highest BCUT2D eigenvalue weighted by Gasteiger charge is 2.13. The van der Waals surface area contributed by atoms with Crippen molar-refractivity contribution in [2.75, 3.05) is 12.4 Å². The summed E-state index contributed by atoms with van der Waals surface area (Å²) in [4.78, 5) is 11.8. The monoisotopic (exact) mass is 249 g/mol. The Balaban J connectivity index is 2.21. The number of methoxy groups -OCH3 is 1. The molecule has 0 saturated carbocycles. The highest BCUT2D eigenvalue weighted by atomic mass is 19.1. The lowest BCUT2D eigenvalue weighted by molar-refractivity contribution is 0.0995. The summed E-state index contributed by atoms with van der Waals surface area (Å²) in [7, 11) is 1.40. The fourth-order valence-corrected chi connectivity index (χ4v) is 1.51. The summed E-state index contributed by atoms with van der Waals surface area (Å²) in [5.41, 5.74) is 0.387. The molecule has 1 aromatic carbocycles. The van der Waals surface area contributed by atoms with Gasteiger partial charge >= 0.3 is 0 Å². The fraction of sp³-hybridized carbons (Fsp3) is 0.154. The molecule has 0 radical (unpaired) electrons. The SMILES string of the molecule is COc1cc(F)ccc1NC(=O)c1ccc(C)o1. The van der Waals surface area contributed by atoms with Crippen LogP contribution in [0.5, 0.6) is 5.75 Å². The zero-order valence-electron chi connectivity index (χ0n) is 9.99. The lowest BCUT2D eigenvalue weighted by Gasteiger charge is -2.08. The van der Waals surface area contributed by atoms with Crippen molar-refractivity contribution in [3.8, 4) is 5.75 Å². The molecule has 0 saturated heterocycles. The smallest absolute Gasteiger partial charge is 0.291 e. The largest absolute Gasteiger partial charge is 0.494 e. The molecule has 0 bridgehead atoms. The van der Waals surface area contributed by atoms with Gasteiger partial charge in [-0.05, 0) is 31.2 Å². The van der Waals surface area contributed by atoms with Crippen molar-refractivity contribution >= 4 is 11.6 Å². The topological polar surface area (TPSA) is 51.5 Å². The summed E-state index contributed by atoms with van der Waals surface area (Å²) >= 11 is 0. The number of amides is 1. The average Bonchev–Trinajstić information content (AvgIpc) is 2.78. The summed E-state index contributed by atoms with van der Waals surface area (Å²) in [5.74, 6) is 0.253. The molecule has 1 heterocycles. The average molecular weight is 249 g/mol. The third-order valence-electron chi connectivity index (χ3n) is 2.38. The number of halogens is 1. The van der Waals surface area contributed by atoms with E-state index in [1.165, 1.54) is 25.3 Å². The first kappa shape index (κ1) is 12.2. The molecule has 1 aromatic heterocycles. The van der Waals surface area contributed by atoms with Gasteiger partial charge in [0.2, 0.25) is 0 Å². The molecule has 4 nitrogen and oxygen atoms in total. The first-order valence-corrected chi connectivity index (χ1v) is 5.31. The summed E-state index contributed by atoms with van der Waals surface area (Å²) in [6.07, 6.45) is 0. The van der Waals surface area contributed by atoms with Crippen LogP contribution in [-0.2, 0) is 0 Å². The zero-order valence-corrected chi connectivity index (χ0v) is 9.99. The molecular weight excluding hydrogens is 237 g/mol. The normalized spacial score (nSPS) is 10.2. The Kier molecular flexibility index (Phi) is 3.32.